The lowest BCUT2D eigenvalue weighted by molar-refractivity contribution is -0.176. The summed E-state index contributed by atoms with van der Waals surface area (Å²) in [5.74, 6) is 0.657. The largest absolute Gasteiger partial charge is 0.411 e. The number of alkyl halides is 3. The number of benzene rings is 1. The van der Waals surface area contributed by atoms with Crippen LogP contribution in [0, 0.1) is 0 Å². The third-order valence-corrected chi connectivity index (χ3v) is 4.26. The minimum atomic E-state index is -4.31. The highest BCUT2D eigenvalue weighted by atomic mass is 127. The van der Waals surface area contributed by atoms with E-state index in [-0.39, 0.29) is 36.1 Å². The Hall–Kier alpha value is -2.08. The molecular formula is C21H28F3IN4O2. The molecule has 2 aromatic rings. The van der Waals surface area contributed by atoms with Crippen molar-refractivity contribution >= 4 is 29.9 Å². The average molecular weight is 552 g/mol. The Kier molecular flexibility index (Phi) is 12.2. The van der Waals surface area contributed by atoms with E-state index < -0.39 is 12.8 Å². The van der Waals surface area contributed by atoms with E-state index >= 15 is 0 Å². The molecule has 1 aromatic heterocycles. The molecule has 0 saturated carbocycles. The summed E-state index contributed by atoms with van der Waals surface area (Å²) in [5, 5.41) is 6.41. The van der Waals surface area contributed by atoms with E-state index in [0.29, 0.717) is 24.6 Å². The fourth-order valence-electron chi connectivity index (χ4n) is 2.70. The van der Waals surface area contributed by atoms with Gasteiger partial charge in [-0.2, -0.15) is 13.2 Å². The molecule has 0 aliphatic heterocycles. The van der Waals surface area contributed by atoms with E-state index in [9.17, 15) is 18.0 Å². The highest BCUT2D eigenvalue weighted by molar-refractivity contribution is 14.0. The predicted molar refractivity (Wildman–Crippen MR) is 126 cm³/mol. The number of nitrogens with zero attached hydrogens (tertiary/aromatic N) is 2. The molecule has 0 radical (unpaired) electrons. The molecule has 2 rings (SSSR count). The molecular weight excluding hydrogens is 524 g/mol. The summed E-state index contributed by atoms with van der Waals surface area (Å²) in [7, 11) is 1.68. The third-order valence-electron chi connectivity index (χ3n) is 4.26. The molecule has 0 aliphatic rings. The van der Waals surface area contributed by atoms with Gasteiger partial charge >= 0.3 is 6.18 Å². The molecule has 0 bridgehead atoms. The van der Waals surface area contributed by atoms with E-state index in [1.165, 1.54) is 0 Å². The molecule has 1 aromatic carbocycles. The summed E-state index contributed by atoms with van der Waals surface area (Å²) in [4.78, 5) is 15.8. The molecule has 2 N–H and O–H groups in total. The summed E-state index contributed by atoms with van der Waals surface area (Å²) < 4.78 is 42.6. The van der Waals surface area contributed by atoms with Crippen LogP contribution in [0.25, 0.3) is 0 Å². The van der Waals surface area contributed by atoms with Crippen molar-refractivity contribution in [2.24, 2.45) is 4.99 Å². The number of hydrogen-bond acceptors (Lipinski definition) is 3. The summed E-state index contributed by atoms with van der Waals surface area (Å²) in [6, 6.07) is 12.3. The maximum absolute atomic E-state index is 12.1. The first-order valence-electron chi connectivity index (χ1n) is 9.70. The van der Waals surface area contributed by atoms with Crippen LogP contribution in [0.4, 0.5) is 13.2 Å². The van der Waals surface area contributed by atoms with Crippen LogP contribution in [0.5, 0.6) is 0 Å². The first-order valence-corrected chi connectivity index (χ1v) is 9.70. The molecule has 172 valence electrons. The summed E-state index contributed by atoms with van der Waals surface area (Å²) in [6.07, 6.45) is -0.781. The Morgan fingerprint density at radius 3 is 2.42 bits per heavy atom. The van der Waals surface area contributed by atoms with E-state index in [0.717, 1.165) is 24.9 Å². The van der Waals surface area contributed by atoms with Crippen LogP contribution in [0.2, 0.25) is 0 Å². The number of hydrogen-bond donors (Lipinski definition) is 2. The van der Waals surface area contributed by atoms with Gasteiger partial charge in [-0.1, -0.05) is 30.3 Å². The Bertz CT molecular complexity index is 855. The van der Waals surface area contributed by atoms with Gasteiger partial charge in [0.1, 0.15) is 6.61 Å². The second-order valence-electron chi connectivity index (χ2n) is 6.72. The van der Waals surface area contributed by atoms with Crippen LogP contribution in [0.1, 0.15) is 24.0 Å². The van der Waals surface area contributed by atoms with Crippen molar-refractivity contribution in [1.82, 2.24) is 15.2 Å². The highest BCUT2D eigenvalue weighted by Gasteiger charge is 2.27. The van der Waals surface area contributed by atoms with Gasteiger partial charge in [-0.15, -0.1) is 24.0 Å². The molecule has 0 saturated heterocycles. The van der Waals surface area contributed by atoms with Gasteiger partial charge in [0.05, 0.1) is 6.61 Å². The molecule has 0 aliphatic carbocycles. The minimum absolute atomic E-state index is 0. The van der Waals surface area contributed by atoms with Gasteiger partial charge in [0, 0.05) is 38.9 Å². The molecule has 1 heterocycles. The van der Waals surface area contributed by atoms with Crippen LogP contribution < -0.4 is 16.2 Å². The SMILES string of the molecule is CN=C(NCCCCn1ccccc1=O)NCc1ccc(COCC(F)(F)F)cc1.I. The molecule has 0 spiro atoms. The molecule has 31 heavy (non-hydrogen) atoms. The number of nitrogens with one attached hydrogen (secondary N) is 2. The zero-order valence-corrected chi connectivity index (χ0v) is 19.7. The number of aryl methyl sites for hydroxylation is 1. The fourth-order valence-corrected chi connectivity index (χ4v) is 2.70. The number of aliphatic imine (C=N–C) groups is 1. The van der Waals surface area contributed by atoms with Crippen LogP contribution in [0.3, 0.4) is 0 Å². The highest BCUT2D eigenvalue weighted by Crippen LogP contribution is 2.15. The second-order valence-corrected chi connectivity index (χ2v) is 6.72. The predicted octanol–water partition coefficient (Wildman–Crippen LogP) is 3.69. The van der Waals surface area contributed by atoms with Gasteiger partial charge in [0.2, 0.25) is 5.56 Å². The number of guanidine groups is 1. The van der Waals surface area contributed by atoms with E-state index in [4.69, 9.17) is 0 Å². The zero-order chi connectivity index (χ0) is 21.8. The lowest BCUT2D eigenvalue weighted by atomic mass is 10.1. The second kappa shape index (κ2) is 14.1. The Labute approximate surface area is 196 Å². The van der Waals surface area contributed by atoms with Crippen molar-refractivity contribution in [3.8, 4) is 0 Å². The zero-order valence-electron chi connectivity index (χ0n) is 17.3. The maximum atomic E-state index is 12.1. The van der Waals surface area contributed by atoms with Gasteiger partial charge < -0.3 is 19.9 Å². The first-order chi connectivity index (χ1) is 14.4. The molecule has 6 nitrogen and oxygen atoms in total. The Morgan fingerprint density at radius 2 is 1.77 bits per heavy atom. The molecule has 0 fully saturated rings. The van der Waals surface area contributed by atoms with Crippen molar-refractivity contribution < 1.29 is 17.9 Å². The molecule has 0 atom stereocenters. The smallest absolute Gasteiger partial charge is 0.367 e. The summed E-state index contributed by atoms with van der Waals surface area (Å²) in [5.41, 5.74) is 1.66. The van der Waals surface area contributed by atoms with Gasteiger partial charge in [-0.25, -0.2) is 0 Å². The quantitative estimate of drug-likeness (QED) is 0.204. The normalized spacial score (nSPS) is 11.7. The standard InChI is InChI=1S/C21H27F3N4O2.HI/c1-25-20(26-11-3-5-13-28-12-4-2-6-19(28)29)27-14-17-7-9-18(10-8-17)15-30-16-21(22,23)24;/h2,4,6-10,12H,3,5,11,13-16H2,1H3,(H2,25,26,27);1H. The number of halogens is 4. The van der Waals surface area contributed by atoms with Gasteiger partial charge in [0.25, 0.3) is 0 Å². The number of pyridine rings is 1. The molecule has 0 unspecified atom stereocenters. The monoisotopic (exact) mass is 552 g/mol. The number of aromatic nitrogens is 1. The van der Waals surface area contributed by atoms with Crippen LogP contribution >= 0.6 is 24.0 Å². The maximum Gasteiger partial charge on any atom is 0.411 e. The van der Waals surface area contributed by atoms with Crippen molar-refractivity contribution in [3.05, 3.63) is 70.1 Å². The van der Waals surface area contributed by atoms with E-state index in [1.807, 2.05) is 18.2 Å². The fraction of sp³-hybridized carbons (Fsp3) is 0.429. The lowest BCUT2D eigenvalue weighted by Gasteiger charge is -2.13. The first kappa shape index (κ1) is 27.0. The molecule has 10 heteroatoms. The number of ether oxygens (including phenoxy) is 1. The molecule has 0 amide bonds. The van der Waals surface area contributed by atoms with Crippen molar-refractivity contribution in [2.45, 2.75) is 38.7 Å². The number of rotatable bonds is 10. The average Bonchev–Trinajstić information content (AvgIpc) is 2.71. The van der Waals surface area contributed by atoms with Crippen LogP contribution in [0.15, 0.2) is 58.4 Å². The summed E-state index contributed by atoms with van der Waals surface area (Å²) >= 11 is 0. The summed E-state index contributed by atoms with van der Waals surface area (Å²) in [6.45, 7) is 0.595. The van der Waals surface area contributed by atoms with Crippen molar-refractivity contribution in [2.75, 3.05) is 20.2 Å². The lowest BCUT2D eigenvalue weighted by Crippen LogP contribution is -2.37. The van der Waals surface area contributed by atoms with Crippen molar-refractivity contribution in [3.63, 3.8) is 0 Å². The Balaban J connectivity index is 0.00000480. The van der Waals surface area contributed by atoms with E-state index in [2.05, 4.69) is 20.4 Å². The third kappa shape index (κ3) is 11.2. The minimum Gasteiger partial charge on any atom is -0.367 e. The van der Waals surface area contributed by atoms with Gasteiger partial charge in [-0.05, 0) is 30.0 Å². The Morgan fingerprint density at radius 1 is 1.06 bits per heavy atom. The van der Waals surface area contributed by atoms with Gasteiger partial charge in [-0.3, -0.25) is 9.79 Å². The van der Waals surface area contributed by atoms with Crippen LogP contribution in [-0.2, 0) is 24.4 Å². The van der Waals surface area contributed by atoms with E-state index in [1.54, 1.807) is 42.1 Å². The number of unbranched alkanes of at least 4 members (excludes halogenated alkanes) is 1. The van der Waals surface area contributed by atoms with Crippen LogP contribution in [-0.4, -0.2) is 36.9 Å². The topological polar surface area (TPSA) is 67.7 Å². The van der Waals surface area contributed by atoms with Gasteiger partial charge in [0.15, 0.2) is 5.96 Å². The van der Waals surface area contributed by atoms with Crippen molar-refractivity contribution in [1.29, 1.82) is 0 Å².